The molecule has 9 heteroatoms. The second-order valence-electron chi connectivity index (χ2n) is 6.63. The minimum Gasteiger partial charge on any atom is -0.376 e. The standard InChI is InChI=1S/C20H21N3O3S3/c1-2-7-23-19(25)17-14(15-6-4-9-27-15)11-28-18(17)22-20(23)29-12-16(24)21-10-13-5-3-8-26-13/h2,4,6,9,11,13H,1,3,5,7-8,10,12H2,(H,21,24). The number of thioether (sulfide) groups is 1. The van der Waals surface area contributed by atoms with Crippen LogP contribution in [0.25, 0.3) is 20.7 Å². The molecular formula is C20H21N3O3S3. The van der Waals surface area contributed by atoms with Crippen LogP contribution >= 0.6 is 34.4 Å². The summed E-state index contributed by atoms with van der Waals surface area (Å²) in [7, 11) is 0. The molecule has 0 spiro atoms. The summed E-state index contributed by atoms with van der Waals surface area (Å²) in [4.78, 5) is 31.9. The lowest BCUT2D eigenvalue weighted by Crippen LogP contribution is -2.33. The summed E-state index contributed by atoms with van der Waals surface area (Å²) < 4.78 is 7.12. The Morgan fingerprint density at radius 2 is 2.38 bits per heavy atom. The Bertz CT molecular complexity index is 1070. The molecule has 1 atom stereocenters. The van der Waals surface area contributed by atoms with Gasteiger partial charge in [0.2, 0.25) is 5.91 Å². The number of nitrogens with zero attached hydrogens (tertiary/aromatic N) is 2. The van der Waals surface area contributed by atoms with E-state index < -0.39 is 0 Å². The van der Waals surface area contributed by atoms with Crippen molar-refractivity contribution in [2.75, 3.05) is 18.9 Å². The topological polar surface area (TPSA) is 73.2 Å². The highest BCUT2D eigenvalue weighted by Crippen LogP contribution is 2.34. The van der Waals surface area contributed by atoms with Gasteiger partial charge in [-0.1, -0.05) is 23.9 Å². The average Bonchev–Trinajstić information content (AvgIpc) is 3.47. The number of carbonyl (C=O) groups excluding carboxylic acids is 1. The summed E-state index contributed by atoms with van der Waals surface area (Å²) in [5.41, 5.74) is 0.822. The molecule has 6 nitrogen and oxygen atoms in total. The smallest absolute Gasteiger partial charge is 0.263 e. The molecule has 4 heterocycles. The number of allylic oxidation sites excluding steroid dienone is 1. The largest absolute Gasteiger partial charge is 0.376 e. The summed E-state index contributed by atoms with van der Waals surface area (Å²) in [6.45, 7) is 5.40. The number of hydrogen-bond donors (Lipinski definition) is 1. The third-order valence-electron chi connectivity index (χ3n) is 4.64. The first-order valence-corrected chi connectivity index (χ1v) is 12.1. The fourth-order valence-electron chi connectivity index (χ4n) is 3.23. The quantitative estimate of drug-likeness (QED) is 0.323. The summed E-state index contributed by atoms with van der Waals surface area (Å²) >= 11 is 4.33. The first-order valence-electron chi connectivity index (χ1n) is 9.35. The number of ether oxygens (including phenoxy) is 1. The van der Waals surface area contributed by atoms with E-state index in [0.29, 0.717) is 28.5 Å². The molecule has 0 aliphatic carbocycles. The molecule has 1 aliphatic rings. The van der Waals surface area contributed by atoms with Gasteiger partial charge in [0.1, 0.15) is 4.83 Å². The van der Waals surface area contributed by atoms with Crippen molar-refractivity contribution in [2.45, 2.75) is 30.6 Å². The molecule has 1 amide bonds. The average molecular weight is 448 g/mol. The molecule has 1 unspecified atom stereocenters. The van der Waals surface area contributed by atoms with Gasteiger partial charge < -0.3 is 10.1 Å². The first kappa shape index (κ1) is 20.3. The molecule has 4 rings (SSSR count). The number of thiophene rings is 2. The summed E-state index contributed by atoms with van der Waals surface area (Å²) in [5.74, 6) is 0.112. The van der Waals surface area contributed by atoms with Crippen molar-refractivity contribution in [2.24, 2.45) is 0 Å². The first-order chi connectivity index (χ1) is 14.2. The van der Waals surface area contributed by atoms with Gasteiger partial charge in [0, 0.05) is 35.5 Å². The van der Waals surface area contributed by atoms with Gasteiger partial charge >= 0.3 is 0 Å². The lowest BCUT2D eigenvalue weighted by atomic mass is 10.2. The number of aromatic nitrogens is 2. The maximum atomic E-state index is 13.2. The molecule has 3 aromatic heterocycles. The normalized spacial score (nSPS) is 16.3. The molecular weight excluding hydrogens is 426 g/mol. The maximum Gasteiger partial charge on any atom is 0.263 e. The van der Waals surface area contributed by atoms with Gasteiger partial charge in [0.05, 0.1) is 17.2 Å². The summed E-state index contributed by atoms with van der Waals surface area (Å²) in [5, 5.41) is 8.04. The van der Waals surface area contributed by atoms with Crippen LogP contribution in [-0.4, -0.2) is 40.5 Å². The highest BCUT2D eigenvalue weighted by molar-refractivity contribution is 7.99. The van der Waals surface area contributed by atoms with Crippen molar-refractivity contribution in [3.05, 3.63) is 45.9 Å². The van der Waals surface area contributed by atoms with Crippen molar-refractivity contribution in [3.8, 4) is 10.4 Å². The summed E-state index contributed by atoms with van der Waals surface area (Å²) in [6, 6.07) is 3.98. The minimum atomic E-state index is -0.0955. The highest BCUT2D eigenvalue weighted by atomic mass is 32.2. The van der Waals surface area contributed by atoms with Crippen LogP contribution in [0.2, 0.25) is 0 Å². The van der Waals surface area contributed by atoms with Crippen LogP contribution < -0.4 is 10.9 Å². The predicted molar refractivity (Wildman–Crippen MR) is 120 cm³/mol. The van der Waals surface area contributed by atoms with Crippen LogP contribution in [0.1, 0.15) is 12.8 Å². The van der Waals surface area contributed by atoms with Gasteiger partial charge in [-0.25, -0.2) is 4.98 Å². The zero-order valence-corrected chi connectivity index (χ0v) is 18.2. The third-order valence-corrected chi connectivity index (χ3v) is 7.39. The second-order valence-corrected chi connectivity index (χ2v) is 9.38. The predicted octanol–water partition coefficient (Wildman–Crippen LogP) is 3.76. The molecule has 0 bridgehead atoms. The Balaban J connectivity index is 1.55. The van der Waals surface area contributed by atoms with Gasteiger partial charge in [-0.2, -0.15) is 0 Å². The second kappa shape index (κ2) is 9.25. The fourth-order valence-corrected chi connectivity index (χ4v) is 5.87. The Morgan fingerprint density at radius 3 is 3.10 bits per heavy atom. The molecule has 3 aromatic rings. The Kier molecular flexibility index (Phi) is 6.49. The lowest BCUT2D eigenvalue weighted by Gasteiger charge is -2.12. The maximum absolute atomic E-state index is 13.2. The number of nitrogens with one attached hydrogen (secondary N) is 1. The van der Waals surface area contributed by atoms with Crippen molar-refractivity contribution < 1.29 is 9.53 Å². The highest BCUT2D eigenvalue weighted by Gasteiger charge is 2.19. The molecule has 0 aromatic carbocycles. The molecule has 152 valence electrons. The van der Waals surface area contributed by atoms with E-state index in [-0.39, 0.29) is 23.3 Å². The van der Waals surface area contributed by atoms with E-state index in [2.05, 4.69) is 11.9 Å². The van der Waals surface area contributed by atoms with E-state index in [1.54, 1.807) is 22.0 Å². The van der Waals surface area contributed by atoms with Crippen LogP contribution in [0.4, 0.5) is 0 Å². The number of fused-ring (bicyclic) bond motifs is 1. The van der Waals surface area contributed by atoms with E-state index in [9.17, 15) is 9.59 Å². The Hall–Kier alpha value is -1.94. The monoisotopic (exact) mass is 447 g/mol. The van der Waals surface area contributed by atoms with E-state index in [1.165, 1.54) is 23.1 Å². The Labute approximate surface area is 180 Å². The third kappa shape index (κ3) is 4.48. The van der Waals surface area contributed by atoms with Gasteiger partial charge in [-0.05, 0) is 24.3 Å². The van der Waals surface area contributed by atoms with Gasteiger partial charge in [0.25, 0.3) is 5.56 Å². The van der Waals surface area contributed by atoms with Crippen molar-refractivity contribution in [1.29, 1.82) is 0 Å². The zero-order chi connectivity index (χ0) is 20.2. The zero-order valence-electron chi connectivity index (χ0n) is 15.8. The van der Waals surface area contributed by atoms with Crippen LogP contribution in [0.5, 0.6) is 0 Å². The fraction of sp³-hybridized carbons (Fsp3) is 0.350. The van der Waals surface area contributed by atoms with Crippen LogP contribution in [0.15, 0.2) is 45.5 Å². The minimum absolute atomic E-state index is 0.0875. The van der Waals surface area contributed by atoms with E-state index in [4.69, 9.17) is 9.72 Å². The van der Waals surface area contributed by atoms with E-state index in [0.717, 1.165) is 29.9 Å². The molecule has 0 saturated carbocycles. The van der Waals surface area contributed by atoms with Crippen molar-refractivity contribution in [1.82, 2.24) is 14.9 Å². The molecule has 1 saturated heterocycles. The van der Waals surface area contributed by atoms with Crippen LogP contribution in [0, 0.1) is 0 Å². The van der Waals surface area contributed by atoms with Gasteiger partial charge in [-0.3, -0.25) is 14.2 Å². The molecule has 1 N–H and O–H groups in total. The van der Waals surface area contributed by atoms with Crippen molar-refractivity contribution in [3.63, 3.8) is 0 Å². The molecule has 29 heavy (non-hydrogen) atoms. The molecule has 1 aliphatic heterocycles. The number of carbonyl (C=O) groups is 1. The number of amides is 1. The molecule has 1 fully saturated rings. The lowest BCUT2D eigenvalue weighted by molar-refractivity contribution is -0.119. The van der Waals surface area contributed by atoms with E-state index in [1.807, 2.05) is 22.9 Å². The molecule has 0 radical (unpaired) electrons. The SMILES string of the molecule is C=CCn1c(SCC(=O)NCC2CCCO2)nc2scc(-c3cccs3)c2c1=O. The van der Waals surface area contributed by atoms with Crippen molar-refractivity contribution >= 4 is 50.6 Å². The van der Waals surface area contributed by atoms with Gasteiger partial charge in [-0.15, -0.1) is 29.3 Å². The van der Waals surface area contributed by atoms with Crippen LogP contribution in [-0.2, 0) is 16.1 Å². The Morgan fingerprint density at radius 1 is 1.48 bits per heavy atom. The van der Waals surface area contributed by atoms with Crippen LogP contribution in [0.3, 0.4) is 0 Å². The number of rotatable bonds is 8. The van der Waals surface area contributed by atoms with E-state index >= 15 is 0 Å². The summed E-state index contributed by atoms with van der Waals surface area (Å²) in [6.07, 6.45) is 3.81. The van der Waals surface area contributed by atoms with Gasteiger partial charge in [0.15, 0.2) is 5.16 Å². The number of hydrogen-bond acceptors (Lipinski definition) is 7.